The molecular weight excluding hydrogens is 781 g/mol. The molecule has 0 radical (unpaired) electrons. The molecule has 1 unspecified atom stereocenters. The first-order chi connectivity index (χ1) is 31.0. The van der Waals surface area contributed by atoms with Gasteiger partial charge in [-0.1, -0.05) is 223 Å². The van der Waals surface area contributed by atoms with Crippen molar-refractivity contribution >= 4 is 17.9 Å². The Kier molecular flexibility index (Phi) is 49.4. The summed E-state index contributed by atoms with van der Waals surface area (Å²) in [6.07, 6.45) is 63.4. The molecule has 0 spiro atoms. The van der Waals surface area contributed by atoms with Gasteiger partial charge in [0, 0.05) is 19.3 Å². The average Bonchev–Trinajstić information content (AvgIpc) is 3.28. The fourth-order valence-electron chi connectivity index (χ4n) is 7.49. The minimum Gasteiger partial charge on any atom is -0.462 e. The summed E-state index contributed by atoms with van der Waals surface area (Å²) in [5, 5.41) is 0. The van der Waals surface area contributed by atoms with Gasteiger partial charge in [0.2, 0.25) is 0 Å². The van der Waals surface area contributed by atoms with E-state index in [1.54, 1.807) is 0 Å². The zero-order valence-electron chi connectivity index (χ0n) is 41.6. The summed E-state index contributed by atoms with van der Waals surface area (Å²) in [6.45, 7) is 6.50. The van der Waals surface area contributed by atoms with Crippen LogP contribution in [0.25, 0.3) is 0 Å². The Labute approximate surface area is 390 Å². The van der Waals surface area contributed by atoms with Crippen LogP contribution in [0.5, 0.6) is 0 Å². The molecule has 0 fully saturated rings. The molecule has 63 heavy (non-hydrogen) atoms. The third-order valence-electron chi connectivity index (χ3n) is 11.5. The van der Waals surface area contributed by atoms with Crippen molar-refractivity contribution in [2.75, 3.05) is 13.2 Å². The lowest BCUT2D eigenvalue weighted by molar-refractivity contribution is -0.167. The number of allylic oxidation sites excluding steroid dienone is 10. The molecule has 1 atom stereocenters. The van der Waals surface area contributed by atoms with E-state index in [4.69, 9.17) is 14.2 Å². The highest BCUT2D eigenvalue weighted by atomic mass is 16.6. The minimum absolute atomic E-state index is 0.0802. The van der Waals surface area contributed by atoms with Gasteiger partial charge in [0.1, 0.15) is 13.2 Å². The first-order valence-electron chi connectivity index (χ1n) is 26.8. The molecule has 0 saturated heterocycles. The Balaban J connectivity index is 4.39. The van der Waals surface area contributed by atoms with Crippen molar-refractivity contribution < 1.29 is 28.6 Å². The molecule has 0 aromatic heterocycles. The van der Waals surface area contributed by atoms with E-state index < -0.39 is 6.10 Å². The van der Waals surface area contributed by atoms with Crippen LogP contribution in [0.2, 0.25) is 0 Å². The van der Waals surface area contributed by atoms with Crippen LogP contribution in [-0.2, 0) is 28.6 Å². The van der Waals surface area contributed by atoms with Gasteiger partial charge in [-0.2, -0.15) is 0 Å². The molecule has 6 heteroatoms. The molecule has 0 amide bonds. The van der Waals surface area contributed by atoms with E-state index >= 15 is 0 Å². The number of esters is 3. The zero-order valence-corrected chi connectivity index (χ0v) is 41.6. The zero-order chi connectivity index (χ0) is 45.8. The minimum atomic E-state index is -0.782. The molecule has 0 N–H and O–H groups in total. The molecule has 0 rings (SSSR count). The Hall–Kier alpha value is -2.89. The van der Waals surface area contributed by atoms with Crippen LogP contribution in [0.1, 0.15) is 265 Å². The first-order valence-corrected chi connectivity index (χ1v) is 26.8. The molecule has 0 aliphatic rings. The highest BCUT2D eigenvalue weighted by molar-refractivity contribution is 5.71. The SMILES string of the molecule is CC/C=C\C/C=C\C/C=C\CCCCCCCCC(=O)OC(COC(=O)CCCCCCCCC/C=C\C/C=C\CCCCC)COC(=O)CCCCCCCCCCCCCC. The normalized spacial score (nSPS) is 12.5. The van der Waals surface area contributed by atoms with E-state index in [0.717, 1.165) is 103 Å². The van der Waals surface area contributed by atoms with Gasteiger partial charge >= 0.3 is 17.9 Å². The molecule has 0 saturated carbocycles. The quantitative estimate of drug-likeness (QED) is 0.0262. The second-order valence-corrected chi connectivity index (χ2v) is 17.8. The predicted molar refractivity (Wildman–Crippen MR) is 270 cm³/mol. The summed E-state index contributed by atoms with van der Waals surface area (Å²) in [6, 6.07) is 0. The van der Waals surface area contributed by atoms with Crippen molar-refractivity contribution in [3.63, 3.8) is 0 Å². The monoisotopic (exact) mass is 881 g/mol. The number of carbonyl (C=O) groups excluding carboxylic acids is 3. The smallest absolute Gasteiger partial charge is 0.306 e. The number of carbonyl (C=O) groups is 3. The fourth-order valence-corrected chi connectivity index (χ4v) is 7.49. The number of hydrogen-bond acceptors (Lipinski definition) is 6. The largest absolute Gasteiger partial charge is 0.462 e. The van der Waals surface area contributed by atoms with Gasteiger partial charge in [-0.3, -0.25) is 14.4 Å². The third-order valence-corrected chi connectivity index (χ3v) is 11.5. The second kappa shape index (κ2) is 51.7. The maximum Gasteiger partial charge on any atom is 0.306 e. The Bertz CT molecular complexity index is 1150. The van der Waals surface area contributed by atoms with Gasteiger partial charge in [-0.15, -0.1) is 0 Å². The van der Waals surface area contributed by atoms with Gasteiger partial charge < -0.3 is 14.2 Å². The molecule has 6 nitrogen and oxygen atoms in total. The summed E-state index contributed by atoms with van der Waals surface area (Å²) >= 11 is 0. The lowest BCUT2D eigenvalue weighted by Gasteiger charge is -2.18. The van der Waals surface area contributed by atoms with Crippen molar-refractivity contribution in [2.45, 2.75) is 271 Å². The third kappa shape index (κ3) is 50.0. The van der Waals surface area contributed by atoms with Gasteiger partial charge in [-0.05, 0) is 83.5 Å². The van der Waals surface area contributed by atoms with Crippen molar-refractivity contribution in [3.05, 3.63) is 60.8 Å². The molecule has 0 heterocycles. The maximum absolute atomic E-state index is 12.8. The van der Waals surface area contributed by atoms with E-state index in [0.29, 0.717) is 19.3 Å². The average molecular weight is 881 g/mol. The molecule has 0 aromatic carbocycles. The summed E-state index contributed by atoms with van der Waals surface area (Å²) in [5.41, 5.74) is 0. The highest BCUT2D eigenvalue weighted by Crippen LogP contribution is 2.15. The number of hydrogen-bond donors (Lipinski definition) is 0. The van der Waals surface area contributed by atoms with E-state index in [-0.39, 0.29) is 31.1 Å². The molecule has 0 aliphatic carbocycles. The summed E-state index contributed by atoms with van der Waals surface area (Å²) in [4.78, 5) is 38.0. The maximum atomic E-state index is 12.8. The summed E-state index contributed by atoms with van der Waals surface area (Å²) in [7, 11) is 0. The van der Waals surface area contributed by atoms with E-state index in [1.807, 2.05) is 0 Å². The topological polar surface area (TPSA) is 78.9 Å². The van der Waals surface area contributed by atoms with Crippen LogP contribution >= 0.6 is 0 Å². The van der Waals surface area contributed by atoms with E-state index in [2.05, 4.69) is 81.5 Å². The Morgan fingerprint density at radius 3 is 1.00 bits per heavy atom. The highest BCUT2D eigenvalue weighted by Gasteiger charge is 2.19. The van der Waals surface area contributed by atoms with Crippen LogP contribution in [0, 0.1) is 0 Å². The number of unbranched alkanes of at least 4 members (excludes halogenated alkanes) is 27. The lowest BCUT2D eigenvalue weighted by Crippen LogP contribution is -2.30. The lowest BCUT2D eigenvalue weighted by atomic mass is 10.0. The van der Waals surface area contributed by atoms with Crippen molar-refractivity contribution in [1.82, 2.24) is 0 Å². The first kappa shape index (κ1) is 60.1. The second-order valence-electron chi connectivity index (χ2n) is 17.8. The van der Waals surface area contributed by atoms with Crippen LogP contribution in [-0.4, -0.2) is 37.2 Å². The van der Waals surface area contributed by atoms with Gasteiger partial charge in [0.25, 0.3) is 0 Å². The molecule has 0 aromatic rings. The molecule has 364 valence electrons. The molecule has 0 aliphatic heterocycles. The van der Waals surface area contributed by atoms with Crippen molar-refractivity contribution in [2.24, 2.45) is 0 Å². The Morgan fingerprint density at radius 2 is 0.619 bits per heavy atom. The van der Waals surface area contributed by atoms with Crippen LogP contribution in [0.4, 0.5) is 0 Å². The summed E-state index contributed by atoms with van der Waals surface area (Å²) < 4.78 is 16.8. The van der Waals surface area contributed by atoms with Crippen LogP contribution in [0.3, 0.4) is 0 Å². The standard InChI is InChI=1S/C57H100O6/c1-4-7-10-13-16-19-22-25-27-29-31-32-35-38-41-44-47-50-56(59)62-53-54(52-61-55(58)49-46-43-40-37-34-24-21-18-15-12-9-6-3)63-57(60)51-48-45-42-39-36-33-30-28-26-23-20-17-14-11-8-5-2/h8,11,16-17,19-20,25-28,54H,4-7,9-10,12-15,18,21-24,29-53H2,1-3H3/b11-8-,19-16-,20-17-,27-25-,28-26-. The van der Waals surface area contributed by atoms with Gasteiger partial charge in [0.15, 0.2) is 6.10 Å². The van der Waals surface area contributed by atoms with Gasteiger partial charge in [0.05, 0.1) is 0 Å². The van der Waals surface area contributed by atoms with E-state index in [9.17, 15) is 14.4 Å². The van der Waals surface area contributed by atoms with Crippen LogP contribution < -0.4 is 0 Å². The number of rotatable bonds is 48. The van der Waals surface area contributed by atoms with Crippen molar-refractivity contribution in [1.29, 1.82) is 0 Å². The molecule has 0 bridgehead atoms. The number of ether oxygens (including phenoxy) is 3. The Morgan fingerprint density at radius 1 is 0.333 bits per heavy atom. The van der Waals surface area contributed by atoms with E-state index in [1.165, 1.54) is 122 Å². The summed E-state index contributed by atoms with van der Waals surface area (Å²) in [5.74, 6) is -0.895. The van der Waals surface area contributed by atoms with Crippen molar-refractivity contribution in [3.8, 4) is 0 Å². The predicted octanol–water partition coefficient (Wildman–Crippen LogP) is 17.6. The molecular formula is C57H100O6. The van der Waals surface area contributed by atoms with Gasteiger partial charge in [-0.25, -0.2) is 0 Å². The van der Waals surface area contributed by atoms with Crippen LogP contribution in [0.15, 0.2) is 60.8 Å². The fraction of sp³-hybridized carbons (Fsp3) is 0.772.